The minimum atomic E-state index is 0.0430. The van der Waals surface area contributed by atoms with Gasteiger partial charge >= 0.3 is 0 Å². The Labute approximate surface area is 161 Å². The van der Waals surface area contributed by atoms with Gasteiger partial charge in [-0.05, 0) is 55.7 Å². The molecular formula is C21H31N3O3. The summed E-state index contributed by atoms with van der Waals surface area (Å²) >= 11 is 0. The Morgan fingerprint density at radius 1 is 1.26 bits per heavy atom. The fourth-order valence-electron chi connectivity index (χ4n) is 4.69. The summed E-state index contributed by atoms with van der Waals surface area (Å²) in [6.07, 6.45) is 9.22. The molecule has 4 rings (SSSR count). The van der Waals surface area contributed by atoms with Gasteiger partial charge in [-0.1, -0.05) is 0 Å². The molecule has 1 spiro atoms. The monoisotopic (exact) mass is 373 g/mol. The molecule has 0 N–H and O–H groups in total. The first-order valence-corrected chi connectivity index (χ1v) is 10.3. The summed E-state index contributed by atoms with van der Waals surface area (Å²) in [5.74, 6) is 0.797. The molecule has 3 aliphatic heterocycles. The highest BCUT2D eigenvalue weighted by molar-refractivity contribution is 5.77. The van der Waals surface area contributed by atoms with E-state index < -0.39 is 0 Å². The lowest BCUT2D eigenvalue weighted by Gasteiger charge is -2.53. The standard InChI is InChI=1S/C21H31N3O3/c25-20(24-9-1-2-10-24)15-26-11-5-18-6-12-27-21(13-18)16-23(17-21)14-19-3-7-22-8-4-19/h3-4,7-8,18H,1-2,5-6,9-17H2/t18-/m1/s1. The zero-order valence-electron chi connectivity index (χ0n) is 16.1. The molecule has 3 fully saturated rings. The van der Waals surface area contributed by atoms with Gasteiger partial charge in [-0.15, -0.1) is 0 Å². The largest absolute Gasteiger partial charge is 0.372 e. The van der Waals surface area contributed by atoms with E-state index in [1.807, 2.05) is 17.3 Å². The normalized spacial score (nSPS) is 24.9. The zero-order valence-corrected chi connectivity index (χ0v) is 16.1. The van der Waals surface area contributed by atoms with Gasteiger partial charge in [0.1, 0.15) is 6.61 Å². The molecule has 1 amide bonds. The molecule has 1 aromatic rings. The lowest BCUT2D eigenvalue weighted by Crippen LogP contribution is -2.64. The van der Waals surface area contributed by atoms with Crippen LogP contribution in [0.4, 0.5) is 0 Å². The molecule has 4 heterocycles. The number of hydrogen-bond donors (Lipinski definition) is 0. The Balaban J connectivity index is 1.14. The molecule has 0 aliphatic carbocycles. The van der Waals surface area contributed by atoms with E-state index in [1.54, 1.807) is 0 Å². The Morgan fingerprint density at radius 3 is 2.81 bits per heavy atom. The summed E-state index contributed by atoms with van der Waals surface area (Å²) in [5, 5.41) is 0. The first-order chi connectivity index (χ1) is 13.2. The van der Waals surface area contributed by atoms with E-state index in [4.69, 9.17) is 9.47 Å². The third-order valence-corrected chi connectivity index (χ3v) is 6.13. The Kier molecular flexibility index (Phi) is 6.05. The molecule has 0 saturated carbocycles. The lowest BCUT2D eigenvalue weighted by molar-refractivity contribution is -0.182. The summed E-state index contributed by atoms with van der Waals surface area (Å²) in [6, 6.07) is 4.16. The maximum absolute atomic E-state index is 12.0. The van der Waals surface area contributed by atoms with Crippen LogP contribution < -0.4 is 0 Å². The molecule has 148 valence electrons. The van der Waals surface area contributed by atoms with Crippen LogP contribution in [0.5, 0.6) is 0 Å². The number of likely N-dealkylation sites (tertiary alicyclic amines) is 2. The highest BCUT2D eigenvalue weighted by Gasteiger charge is 2.47. The zero-order chi connectivity index (χ0) is 18.5. The van der Waals surface area contributed by atoms with Crippen LogP contribution >= 0.6 is 0 Å². The first-order valence-electron chi connectivity index (χ1n) is 10.3. The SMILES string of the molecule is O=C(COCC[C@@H]1CCOC2(C1)CN(Cc1ccncc1)C2)N1CCCC1. The number of pyridine rings is 1. The summed E-state index contributed by atoms with van der Waals surface area (Å²) in [5.41, 5.74) is 1.35. The van der Waals surface area contributed by atoms with Crippen LogP contribution in [-0.4, -0.2) is 72.3 Å². The predicted octanol–water partition coefficient (Wildman–Crippen LogP) is 2.09. The highest BCUT2D eigenvalue weighted by atomic mass is 16.5. The van der Waals surface area contributed by atoms with Crippen LogP contribution in [0.3, 0.4) is 0 Å². The average Bonchev–Trinajstić information content (AvgIpc) is 3.20. The van der Waals surface area contributed by atoms with Gasteiger partial charge in [0, 0.05) is 58.3 Å². The van der Waals surface area contributed by atoms with Crippen molar-refractivity contribution in [2.24, 2.45) is 5.92 Å². The van der Waals surface area contributed by atoms with Crippen LogP contribution in [0.2, 0.25) is 0 Å². The Morgan fingerprint density at radius 2 is 2.04 bits per heavy atom. The molecule has 0 bridgehead atoms. The second-order valence-electron chi connectivity index (χ2n) is 8.32. The van der Waals surface area contributed by atoms with E-state index in [-0.39, 0.29) is 18.1 Å². The Hall–Kier alpha value is -1.50. The number of nitrogens with zero attached hydrogens (tertiary/aromatic N) is 3. The molecule has 6 heteroatoms. The van der Waals surface area contributed by atoms with Crippen molar-refractivity contribution in [3.05, 3.63) is 30.1 Å². The van der Waals surface area contributed by atoms with Crippen molar-refractivity contribution in [3.8, 4) is 0 Å². The number of aromatic nitrogens is 1. The number of carbonyl (C=O) groups is 1. The summed E-state index contributed by atoms with van der Waals surface area (Å²) in [6.45, 7) is 6.58. The lowest BCUT2D eigenvalue weighted by atomic mass is 9.79. The number of rotatable bonds is 7. The van der Waals surface area contributed by atoms with Crippen molar-refractivity contribution in [1.29, 1.82) is 0 Å². The quantitative estimate of drug-likeness (QED) is 0.685. The van der Waals surface area contributed by atoms with Gasteiger partial charge < -0.3 is 14.4 Å². The van der Waals surface area contributed by atoms with E-state index in [0.717, 1.165) is 71.4 Å². The summed E-state index contributed by atoms with van der Waals surface area (Å²) in [7, 11) is 0. The van der Waals surface area contributed by atoms with Crippen molar-refractivity contribution in [3.63, 3.8) is 0 Å². The summed E-state index contributed by atoms with van der Waals surface area (Å²) < 4.78 is 11.8. The fraction of sp³-hybridized carbons (Fsp3) is 0.714. The van der Waals surface area contributed by atoms with Crippen LogP contribution in [0, 0.1) is 5.92 Å². The third-order valence-electron chi connectivity index (χ3n) is 6.13. The molecule has 3 aliphatic rings. The van der Waals surface area contributed by atoms with Gasteiger partial charge in [-0.3, -0.25) is 14.7 Å². The topological polar surface area (TPSA) is 54.9 Å². The Bertz CT molecular complexity index is 612. The van der Waals surface area contributed by atoms with Crippen molar-refractivity contribution in [1.82, 2.24) is 14.8 Å². The maximum atomic E-state index is 12.0. The van der Waals surface area contributed by atoms with Crippen LogP contribution in [-0.2, 0) is 20.8 Å². The molecule has 0 aromatic carbocycles. The van der Waals surface area contributed by atoms with Gasteiger partial charge in [0.2, 0.25) is 5.91 Å². The second-order valence-corrected chi connectivity index (χ2v) is 8.32. The molecular weight excluding hydrogens is 342 g/mol. The third kappa shape index (κ3) is 4.86. The number of hydrogen-bond acceptors (Lipinski definition) is 5. The average molecular weight is 373 g/mol. The van der Waals surface area contributed by atoms with Crippen LogP contribution in [0.25, 0.3) is 0 Å². The summed E-state index contributed by atoms with van der Waals surface area (Å²) in [4.78, 5) is 20.5. The van der Waals surface area contributed by atoms with Crippen LogP contribution in [0.15, 0.2) is 24.5 Å². The van der Waals surface area contributed by atoms with Gasteiger partial charge in [0.15, 0.2) is 0 Å². The van der Waals surface area contributed by atoms with Gasteiger partial charge in [-0.2, -0.15) is 0 Å². The van der Waals surface area contributed by atoms with Crippen molar-refractivity contribution >= 4 is 5.91 Å². The smallest absolute Gasteiger partial charge is 0.248 e. The van der Waals surface area contributed by atoms with Crippen LogP contribution in [0.1, 0.15) is 37.7 Å². The van der Waals surface area contributed by atoms with Gasteiger partial charge in [0.05, 0.1) is 5.60 Å². The molecule has 0 unspecified atom stereocenters. The van der Waals surface area contributed by atoms with Gasteiger partial charge in [-0.25, -0.2) is 0 Å². The van der Waals surface area contributed by atoms with E-state index in [1.165, 1.54) is 5.56 Å². The molecule has 0 radical (unpaired) electrons. The number of amides is 1. The molecule has 6 nitrogen and oxygen atoms in total. The van der Waals surface area contributed by atoms with E-state index in [0.29, 0.717) is 12.5 Å². The molecule has 1 aromatic heterocycles. The molecule has 27 heavy (non-hydrogen) atoms. The minimum Gasteiger partial charge on any atom is -0.372 e. The van der Waals surface area contributed by atoms with Gasteiger partial charge in [0.25, 0.3) is 0 Å². The predicted molar refractivity (Wildman–Crippen MR) is 102 cm³/mol. The molecule has 3 saturated heterocycles. The highest BCUT2D eigenvalue weighted by Crippen LogP contribution is 2.38. The van der Waals surface area contributed by atoms with Crippen molar-refractivity contribution in [2.45, 2.75) is 44.2 Å². The number of carbonyl (C=O) groups excluding carboxylic acids is 1. The first kappa shape index (κ1) is 18.8. The number of ether oxygens (including phenoxy) is 2. The minimum absolute atomic E-state index is 0.0430. The van der Waals surface area contributed by atoms with E-state index in [2.05, 4.69) is 22.0 Å². The van der Waals surface area contributed by atoms with Crippen molar-refractivity contribution < 1.29 is 14.3 Å². The second kappa shape index (κ2) is 8.67. The maximum Gasteiger partial charge on any atom is 0.248 e. The van der Waals surface area contributed by atoms with Crippen molar-refractivity contribution in [2.75, 3.05) is 46.0 Å². The van der Waals surface area contributed by atoms with E-state index in [9.17, 15) is 4.79 Å². The fourth-order valence-corrected chi connectivity index (χ4v) is 4.69. The van der Waals surface area contributed by atoms with E-state index >= 15 is 0 Å². The molecule has 1 atom stereocenters.